The molecule has 33 heavy (non-hydrogen) atoms. The number of methoxy groups -OCH3 is 2. The number of nitrogens with zero attached hydrogens (tertiary/aromatic N) is 3. The van der Waals surface area contributed by atoms with E-state index in [-0.39, 0.29) is 17.3 Å². The first-order valence-electron chi connectivity index (χ1n) is 11.5. The Bertz CT molecular complexity index is 1020. The molecule has 1 N–H and O–H groups in total. The van der Waals surface area contributed by atoms with Gasteiger partial charge < -0.3 is 19.7 Å². The number of fused-ring (bicyclic) bond motifs is 1. The predicted octanol–water partition coefficient (Wildman–Crippen LogP) is 3.21. The van der Waals surface area contributed by atoms with Gasteiger partial charge in [-0.15, -0.1) is 0 Å². The molecule has 8 nitrogen and oxygen atoms in total. The summed E-state index contributed by atoms with van der Waals surface area (Å²) >= 11 is 1.33. The van der Waals surface area contributed by atoms with E-state index < -0.39 is 0 Å². The van der Waals surface area contributed by atoms with Crippen LogP contribution in [0.1, 0.15) is 37.9 Å². The number of rotatable bonds is 12. The highest BCUT2D eigenvalue weighted by atomic mass is 32.2. The number of anilines is 1. The van der Waals surface area contributed by atoms with Crippen LogP contribution in [0.15, 0.2) is 28.0 Å². The van der Waals surface area contributed by atoms with Crippen LogP contribution in [-0.4, -0.2) is 60.0 Å². The van der Waals surface area contributed by atoms with Crippen LogP contribution >= 0.6 is 11.8 Å². The summed E-state index contributed by atoms with van der Waals surface area (Å²) in [5.41, 5.74) is 2.64. The third-order valence-electron chi connectivity index (χ3n) is 5.96. The minimum absolute atomic E-state index is 0.163. The number of benzene rings is 1. The van der Waals surface area contributed by atoms with Crippen LogP contribution < -0.4 is 20.5 Å². The molecule has 1 heterocycles. The first kappa shape index (κ1) is 25.1. The maximum absolute atomic E-state index is 12.8. The zero-order valence-corrected chi connectivity index (χ0v) is 20.8. The molecule has 0 saturated carbocycles. The normalized spacial score (nSPS) is 12.6. The number of amides is 1. The van der Waals surface area contributed by atoms with Crippen LogP contribution in [-0.2, 0) is 24.2 Å². The molecular weight excluding hydrogens is 440 g/mol. The summed E-state index contributed by atoms with van der Waals surface area (Å²) in [6, 6.07) is 5.23. The fraction of sp³-hybridized carbons (Fsp3) is 0.542. The number of carbonyl (C=O) groups is 1. The van der Waals surface area contributed by atoms with Gasteiger partial charge in [-0.2, -0.15) is 4.98 Å². The lowest BCUT2D eigenvalue weighted by atomic mass is 10.2. The van der Waals surface area contributed by atoms with Crippen molar-refractivity contribution in [1.82, 2.24) is 14.5 Å². The Morgan fingerprint density at radius 3 is 2.64 bits per heavy atom. The van der Waals surface area contributed by atoms with Crippen molar-refractivity contribution in [3.63, 3.8) is 0 Å². The summed E-state index contributed by atoms with van der Waals surface area (Å²) in [6.07, 6.45) is 3.74. The van der Waals surface area contributed by atoms with E-state index in [1.807, 2.05) is 4.57 Å². The van der Waals surface area contributed by atoms with Crippen LogP contribution in [0.4, 0.5) is 5.69 Å². The number of thioether (sulfide) groups is 1. The summed E-state index contributed by atoms with van der Waals surface area (Å²) in [4.78, 5) is 32.0. The number of ether oxygens (including phenoxy) is 2. The van der Waals surface area contributed by atoms with Crippen molar-refractivity contribution in [1.29, 1.82) is 0 Å². The average molecular weight is 475 g/mol. The van der Waals surface area contributed by atoms with Crippen LogP contribution in [0.3, 0.4) is 0 Å². The SMILES string of the molecule is CCN(CC)CCCn1c2c(c(SCC(=O)Nc3ccc(OC)c(OC)c3)nc1=O)CCC2. The van der Waals surface area contributed by atoms with Crippen molar-refractivity contribution in [2.24, 2.45) is 0 Å². The molecule has 0 aliphatic heterocycles. The van der Waals surface area contributed by atoms with E-state index in [1.54, 1.807) is 32.4 Å². The lowest BCUT2D eigenvalue weighted by molar-refractivity contribution is -0.113. The highest BCUT2D eigenvalue weighted by Crippen LogP contribution is 2.31. The third kappa shape index (κ3) is 6.29. The van der Waals surface area contributed by atoms with Crippen molar-refractivity contribution in [3.8, 4) is 11.5 Å². The fourth-order valence-corrected chi connectivity index (χ4v) is 5.05. The Balaban J connectivity index is 1.64. The molecule has 0 atom stereocenters. The second-order valence-electron chi connectivity index (χ2n) is 7.92. The number of nitrogens with one attached hydrogen (secondary N) is 1. The first-order chi connectivity index (χ1) is 16.0. The van der Waals surface area contributed by atoms with Gasteiger partial charge in [0.2, 0.25) is 5.91 Å². The molecule has 1 aliphatic rings. The van der Waals surface area contributed by atoms with Crippen molar-refractivity contribution >= 4 is 23.4 Å². The van der Waals surface area contributed by atoms with Crippen LogP contribution in [0.25, 0.3) is 0 Å². The Labute approximate surface area is 199 Å². The Morgan fingerprint density at radius 1 is 1.18 bits per heavy atom. The average Bonchev–Trinajstić information content (AvgIpc) is 3.31. The minimum atomic E-state index is -0.210. The standard InChI is InChI=1S/C24H34N4O4S/c1-5-27(6-2)13-8-14-28-19-10-7-9-18(19)23(26-24(28)30)33-16-22(29)25-17-11-12-20(31-3)21(15-17)32-4/h11-12,15H,5-10,13-14,16H2,1-4H3,(H,25,29). The van der Waals surface area contributed by atoms with E-state index in [1.165, 1.54) is 11.8 Å². The highest BCUT2D eigenvalue weighted by molar-refractivity contribution is 8.00. The molecule has 0 saturated heterocycles. The summed E-state index contributed by atoms with van der Waals surface area (Å²) in [7, 11) is 3.12. The summed E-state index contributed by atoms with van der Waals surface area (Å²) in [5, 5.41) is 3.56. The predicted molar refractivity (Wildman–Crippen MR) is 132 cm³/mol. The quantitative estimate of drug-likeness (QED) is 0.373. The van der Waals surface area contributed by atoms with Gasteiger partial charge in [-0.05, 0) is 57.5 Å². The number of aromatic nitrogens is 2. The molecule has 180 valence electrons. The zero-order valence-electron chi connectivity index (χ0n) is 20.0. The second-order valence-corrected chi connectivity index (χ2v) is 8.88. The van der Waals surface area contributed by atoms with Crippen molar-refractivity contribution in [2.45, 2.75) is 51.1 Å². The molecule has 0 unspecified atom stereocenters. The lowest BCUT2D eigenvalue weighted by Gasteiger charge is -2.19. The minimum Gasteiger partial charge on any atom is -0.493 e. The summed E-state index contributed by atoms with van der Waals surface area (Å²) in [6.45, 7) is 8.01. The van der Waals surface area contributed by atoms with Gasteiger partial charge in [0, 0.05) is 29.6 Å². The van der Waals surface area contributed by atoms with E-state index in [0.29, 0.717) is 28.8 Å². The van der Waals surface area contributed by atoms with Gasteiger partial charge in [0.15, 0.2) is 11.5 Å². The van der Waals surface area contributed by atoms with Gasteiger partial charge in [0.05, 0.1) is 20.0 Å². The van der Waals surface area contributed by atoms with Gasteiger partial charge in [-0.25, -0.2) is 4.79 Å². The maximum atomic E-state index is 12.8. The van der Waals surface area contributed by atoms with E-state index in [4.69, 9.17) is 9.47 Å². The summed E-state index contributed by atoms with van der Waals surface area (Å²) < 4.78 is 12.4. The maximum Gasteiger partial charge on any atom is 0.348 e. The first-order valence-corrected chi connectivity index (χ1v) is 12.5. The molecule has 1 aromatic carbocycles. The second kappa shape index (κ2) is 12.1. The summed E-state index contributed by atoms with van der Waals surface area (Å²) in [5.74, 6) is 1.16. The highest BCUT2D eigenvalue weighted by Gasteiger charge is 2.22. The monoisotopic (exact) mass is 474 g/mol. The number of hydrogen-bond donors (Lipinski definition) is 1. The van der Waals surface area contributed by atoms with Gasteiger partial charge >= 0.3 is 5.69 Å². The number of hydrogen-bond acceptors (Lipinski definition) is 7. The third-order valence-corrected chi connectivity index (χ3v) is 6.98. The molecule has 3 rings (SSSR count). The molecule has 2 aromatic rings. The molecule has 0 fully saturated rings. The molecule has 1 aromatic heterocycles. The Hall–Kier alpha value is -2.52. The van der Waals surface area contributed by atoms with Crippen LogP contribution in [0.2, 0.25) is 0 Å². The molecule has 0 bridgehead atoms. The van der Waals surface area contributed by atoms with E-state index in [0.717, 1.165) is 56.6 Å². The van der Waals surface area contributed by atoms with Crippen molar-refractivity contribution in [3.05, 3.63) is 39.9 Å². The Morgan fingerprint density at radius 2 is 1.94 bits per heavy atom. The topological polar surface area (TPSA) is 85.7 Å². The Kier molecular flexibility index (Phi) is 9.20. The molecular formula is C24H34N4O4S. The van der Waals surface area contributed by atoms with Gasteiger partial charge in [0.1, 0.15) is 5.03 Å². The smallest absolute Gasteiger partial charge is 0.348 e. The van der Waals surface area contributed by atoms with Crippen LogP contribution in [0, 0.1) is 0 Å². The van der Waals surface area contributed by atoms with Crippen molar-refractivity contribution in [2.75, 3.05) is 44.9 Å². The van der Waals surface area contributed by atoms with Gasteiger partial charge in [-0.1, -0.05) is 25.6 Å². The molecule has 0 radical (unpaired) electrons. The van der Waals surface area contributed by atoms with E-state index in [9.17, 15) is 9.59 Å². The fourth-order valence-electron chi connectivity index (χ4n) is 4.17. The zero-order chi connectivity index (χ0) is 23.8. The molecule has 0 spiro atoms. The van der Waals surface area contributed by atoms with Crippen LogP contribution in [0.5, 0.6) is 11.5 Å². The molecule has 1 aliphatic carbocycles. The lowest BCUT2D eigenvalue weighted by Crippen LogP contribution is -2.30. The molecule has 9 heteroatoms. The molecule has 1 amide bonds. The van der Waals surface area contributed by atoms with Gasteiger partial charge in [-0.3, -0.25) is 9.36 Å². The largest absolute Gasteiger partial charge is 0.493 e. The van der Waals surface area contributed by atoms with Crippen molar-refractivity contribution < 1.29 is 14.3 Å². The van der Waals surface area contributed by atoms with E-state index >= 15 is 0 Å². The van der Waals surface area contributed by atoms with Gasteiger partial charge in [0.25, 0.3) is 0 Å². The number of carbonyl (C=O) groups excluding carboxylic acids is 1. The van der Waals surface area contributed by atoms with E-state index in [2.05, 4.69) is 29.0 Å².